The summed E-state index contributed by atoms with van der Waals surface area (Å²) in [7, 11) is 0. The van der Waals surface area contributed by atoms with Crippen molar-refractivity contribution in [2.24, 2.45) is 0 Å². The maximum atomic E-state index is 12.2. The highest BCUT2D eigenvalue weighted by atomic mass is 16.4. The predicted octanol–water partition coefficient (Wildman–Crippen LogP) is -0.658. The Balaban J connectivity index is 1.88. The van der Waals surface area contributed by atoms with Crippen molar-refractivity contribution in [3.63, 3.8) is 0 Å². The van der Waals surface area contributed by atoms with Crippen LogP contribution in [-0.2, 0) is 9.59 Å². The maximum Gasteiger partial charge on any atom is 0.278 e. The molecule has 0 bridgehead atoms. The lowest BCUT2D eigenvalue weighted by Gasteiger charge is -2.34. The molecule has 25 heavy (non-hydrogen) atoms. The summed E-state index contributed by atoms with van der Waals surface area (Å²) in [5.41, 5.74) is 2.33. The summed E-state index contributed by atoms with van der Waals surface area (Å²) in [6.07, 6.45) is -0.253. The van der Waals surface area contributed by atoms with Crippen molar-refractivity contribution in [1.82, 2.24) is 5.32 Å². The van der Waals surface area contributed by atoms with Crippen LogP contribution in [0.3, 0.4) is 0 Å². The number of amides is 1. The average Bonchev–Trinajstić information content (AvgIpc) is 2.63. The average molecular weight is 338 g/mol. The highest BCUT2D eigenvalue weighted by Gasteiger charge is 2.35. The number of piperazine rings is 1. The Morgan fingerprint density at radius 1 is 1.08 bits per heavy atom. The molecule has 130 valence electrons. The number of carboxylic acid groups (broad SMARTS) is 1. The van der Waals surface area contributed by atoms with Crippen molar-refractivity contribution in [2.75, 3.05) is 19.6 Å². The summed E-state index contributed by atoms with van der Waals surface area (Å²) in [5, 5.41) is 13.8. The third-order valence-electron chi connectivity index (χ3n) is 4.80. The van der Waals surface area contributed by atoms with Gasteiger partial charge in [0.1, 0.15) is 0 Å². The third kappa shape index (κ3) is 4.25. The largest absolute Gasteiger partial charge is 0.550 e. The van der Waals surface area contributed by atoms with Crippen LogP contribution < -0.4 is 15.3 Å². The van der Waals surface area contributed by atoms with Crippen molar-refractivity contribution < 1.29 is 19.6 Å². The maximum absolute atomic E-state index is 12.2. The molecule has 0 aromatic heterocycles. The minimum Gasteiger partial charge on any atom is -0.550 e. The van der Waals surface area contributed by atoms with Gasteiger partial charge in [-0.3, -0.25) is 4.79 Å². The lowest BCUT2D eigenvalue weighted by molar-refractivity contribution is -0.918. The highest BCUT2D eigenvalue weighted by molar-refractivity contribution is 5.84. The van der Waals surface area contributed by atoms with Crippen molar-refractivity contribution in [3.8, 4) is 0 Å². The molecular formula is C20H22N2O3. The topological polar surface area (TPSA) is 73.7 Å². The molecule has 1 amide bonds. The van der Waals surface area contributed by atoms with Gasteiger partial charge in [0, 0.05) is 12.4 Å². The van der Waals surface area contributed by atoms with Crippen molar-refractivity contribution >= 4 is 11.9 Å². The van der Waals surface area contributed by atoms with Crippen LogP contribution in [0.25, 0.3) is 0 Å². The Morgan fingerprint density at radius 2 is 1.64 bits per heavy atom. The van der Waals surface area contributed by atoms with E-state index in [2.05, 4.69) is 29.6 Å². The monoisotopic (exact) mass is 338 g/mol. The second-order valence-electron chi connectivity index (χ2n) is 6.41. The molecule has 0 aliphatic carbocycles. The van der Waals surface area contributed by atoms with Gasteiger partial charge in [-0.2, -0.15) is 0 Å². The Bertz CT molecular complexity index is 679. The number of nitrogens with one attached hydrogen (secondary N) is 2. The highest BCUT2D eigenvalue weighted by Crippen LogP contribution is 2.23. The molecule has 1 aliphatic rings. The minimum absolute atomic E-state index is 0.104. The molecule has 1 unspecified atom stereocenters. The van der Waals surface area contributed by atoms with Gasteiger partial charge in [0.25, 0.3) is 5.91 Å². The summed E-state index contributed by atoms with van der Waals surface area (Å²) < 4.78 is 0. The van der Waals surface area contributed by atoms with E-state index in [1.54, 1.807) is 0 Å². The molecule has 5 heteroatoms. The summed E-state index contributed by atoms with van der Waals surface area (Å²) in [6.45, 7) is 1.94. The first-order chi connectivity index (χ1) is 12.1. The molecule has 1 fully saturated rings. The molecule has 0 radical (unpaired) electrons. The summed E-state index contributed by atoms with van der Waals surface area (Å²) >= 11 is 0. The zero-order valence-corrected chi connectivity index (χ0v) is 14.0. The van der Waals surface area contributed by atoms with Crippen LogP contribution in [0.15, 0.2) is 60.7 Å². The lowest BCUT2D eigenvalue weighted by Crippen LogP contribution is -3.19. The fourth-order valence-corrected chi connectivity index (χ4v) is 3.54. The van der Waals surface area contributed by atoms with E-state index in [0.29, 0.717) is 19.6 Å². The molecule has 2 N–H and O–H groups in total. The van der Waals surface area contributed by atoms with Gasteiger partial charge in [0.2, 0.25) is 0 Å². The van der Waals surface area contributed by atoms with E-state index < -0.39 is 12.0 Å². The molecule has 0 spiro atoms. The van der Waals surface area contributed by atoms with Crippen LogP contribution >= 0.6 is 0 Å². The van der Waals surface area contributed by atoms with Crippen molar-refractivity contribution in [2.45, 2.75) is 18.4 Å². The Kier molecular flexibility index (Phi) is 5.46. The lowest BCUT2D eigenvalue weighted by atomic mass is 9.90. The van der Waals surface area contributed by atoms with Gasteiger partial charge in [-0.1, -0.05) is 60.7 Å². The SMILES string of the molecule is O=C([O-])C[C@@H]1C(=O)NCC[NH+]1CC(c1ccccc1)c1ccccc1. The van der Waals surface area contributed by atoms with Crippen LogP contribution in [0.2, 0.25) is 0 Å². The molecule has 1 heterocycles. The van der Waals surface area contributed by atoms with E-state index >= 15 is 0 Å². The second-order valence-corrected chi connectivity index (χ2v) is 6.41. The molecule has 3 rings (SSSR count). The fraction of sp³-hybridized carbons (Fsp3) is 0.300. The molecule has 5 nitrogen and oxygen atoms in total. The number of rotatable bonds is 6. The molecule has 2 aromatic rings. The zero-order chi connectivity index (χ0) is 17.6. The number of carbonyl (C=O) groups is 2. The Morgan fingerprint density at radius 3 is 2.16 bits per heavy atom. The first kappa shape index (κ1) is 17.2. The van der Waals surface area contributed by atoms with E-state index in [4.69, 9.17) is 0 Å². The summed E-state index contributed by atoms with van der Waals surface area (Å²) in [5.74, 6) is -1.28. The predicted molar refractivity (Wildman–Crippen MR) is 91.8 cm³/mol. The number of carboxylic acids is 1. The van der Waals surface area contributed by atoms with E-state index in [9.17, 15) is 14.7 Å². The van der Waals surface area contributed by atoms with Gasteiger partial charge in [0.05, 0.1) is 25.6 Å². The number of hydrogen-bond acceptors (Lipinski definition) is 3. The number of carbonyl (C=O) groups excluding carboxylic acids is 2. The van der Waals surface area contributed by atoms with E-state index in [-0.39, 0.29) is 18.2 Å². The molecule has 2 aromatic carbocycles. The van der Waals surface area contributed by atoms with Crippen LogP contribution in [-0.4, -0.2) is 37.6 Å². The Labute approximate surface area is 147 Å². The molecule has 1 aliphatic heterocycles. The number of hydrogen-bond donors (Lipinski definition) is 2. The first-order valence-electron chi connectivity index (χ1n) is 8.57. The Hall–Kier alpha value is -2.66. The quantitative estimate of drug-likeness (QED) is 0.735. The van der Waals surface area contributed by atoms with Gasteiger partial charge in [-0.05, 0) is 11.1 Å². The number of benzene rings is 2. The minimum atomic E-state index is -1.18. The van der Waals surface area contributed by atoms with Crippen LogP contribution in [0.5, 0.6) is 0 Å². The normalized spacial score (nSPS) is 20.3. The standard InChI is InChI=1S/C20H22N2O3/c23-19(24)13-18-20(25)21-11-12-22(18)14-17(15-7-3-1-4-8-15)16-9-5-2-6-10-16/h1-10,17-18H,11-14H2,(H,21,25)(H,23,24)/t18-/m1/s1. The van der Waals surface area contributed by atoms with Gasteiger partial charge in [0.15, 0.2) is 6.04 Å². The summed E-state index contributed by atoms with van der Waals surface area (Å²) in [6, 6.07) is 19.7. The van der Waals surface area contributed by atoms with E-state index in [1.165, 1.54) is 11.1 Å². The number of quaternary nitrogens is 1. The zero-order valence-electron chi connectivity index (χ0n) is 14.0. The second kappa shape index (κ2) is 7.94. The third-order valence-corrected chi connectivity index (χ3v) is 4.80. The number of aliphatic carboxylic acids is 1. The van der Waals surface area contributed by atoms with Gasteiger partial charge in [-0.25, -0.2) is 0 Å². The van der Waals surface area contributed by atoms with Crippen LogP contribution in [0, 0.1) is 0 Å². The van der Waals surface area contributed by atoms with Crippen molar-refractivity contribution in [3.05, 3.63) is 71.8 Å². The molecular weight excluding hydrogens is 316 g/mol. The summed E-state index contributed by atoms with van der Waals surface area (Å²) in [4.78, 5) is 24.2. The van der Waals surface area contributed by atoms with E-state index in [1.807, 2.05) is 36.4 Å². The fourth-order valence-electron chi connectivity index (χ4n) is 3.54. The molecule has 1 saturated heterocycles. The molecule has 0 saturated carbocycles. The van der Waals surface area contributed by atoms with Crippen LogP contribution in [0.4, 0.5) is 0 Å². The van der Waals surface area contributed by atoms with Gasteiger partial charge < -0.3 is 20.1 Å². The van der Waals surface area contributed by atoms with Crippen LogP contribution in [0.1, 0.15) is 23.5 Å². The van der Waals surface area contributed by atoms with E-state index in [0.717, 1.165) is 4.90 Å². The van der Waals surface area contributed by atoms with Crippen molar-refractivity contribution in [1.29, 1.82) is 0 Å². The molecule has 2 atom stereocenters. The first-order valence-corrected chi connectivity index (χ1v) is 8.57. The van der Waals surface area contributed by atoms with Gasteiger partial charge in [-0.15, -0.1) is 0 Å². The smallest absolute Gasteiger partial charge is 0.278 e. The van der Waals surface area contributed by atoms with Gasteiger partial charge >= 0.3 is 0 Å².